The molecule has 2 unspecified atom stereocenters. The van der Waals surface area contributed by atoms with Crippen LogP contribution in [0.4, 0.5) is 45.5 Å². The SMILES string of the molecule is C1=CC2c3c(ccc4sc(-c5ccccc5)nc34)C=CC2C=C1N(c1ccc(-c2ccccc2)cc1)c1ccc(-c2ccccc2)cc1.c1ccc(-c2nc3c(ccc4ccc5cc(-c6ccc(N(c7ccccc7)c7ccc8ccccc8c7)cc6)ccc5c43)s2)cc1.c1ccc(-c2nc3ccc4ccc5cc(-c6ccc(N(c7ccccc7)c7ccc8ccccc8c7)cc6)ccc5c4c3o2)cc1. The van der Waals surface area contributed by atoms with Gasteiger partial charge in [0, 0.05) is 90.5 Å². The van der Waals surface area contributed by atoms with Gasteiger partial charge in [-0.1, -0.05) is 376 Å². The first-order valence-electron chi connectivity index (χ1n) is 47.6. The second-order valence-electron chi connectivity index (χ2n) is 35.7. The van der Waals surface area contributed by atoms with Crippen molar-refractivity contribution < 1.29 is 4.42 Å². The van der Waals surface area contributed by atoms with Crippen molar-refractivity contribution in [2.75, 3.05) is 14.7 Å². The highest BCUT2D eigenvalue weighted by atomic mass is 32.1. The standard InChI is InChI=1S/C45H32N2S.C43H28N2O.C43H28N2S/c1-4-10-31(11-5-1)33-18-23-38(24-19-33)47(39-25-20-34(21-26-39)32-12-6-2-7-13-32)40-27-28-41-37(30-40)17-16-35-22-29-42-44(43(35)41)46-45(48-42)36-14-8-3-9-15-36;1-3-10-32(11-4-1)43-44-40-26-21-31-15-16-35-27-34(20-25-39(35)41(31)42(40)46-43)30-17-22-37(23-18-30)45(36-13-5-2-6-14-36)38-24-19-29-9-7-8-12-33(29)28-38;1-3-10-32(11-4-1)43-44-42-40(46-43)26-21-31-15-16-35-27-34(20-25-39(35)41(31)42)30-17-22-37(23-18-30)45(36-13-5-2-6-14-36)38-24-19-29-9-7-8-12-33(29)28-38/h1-30,37,41H;2*1-28H. The van der Waals surface area contributed by atoms with Gasteiger partial charge in [0.25, 0.3) is 0 Å². The fourth-order valence-corrected chi connectivity index (χ4v) is 22.2. The number of anilines is 8. The molecule has 2 aliphatic rings. The molecule has 0 radical (unpaired) electrons. The Hall–Kier alpha value is -17.7. The zero-order chi connectivity index (χ0) is 92.8. The number of para-hydroxylation sites is 2. The van der Waals surface area contributed by atoms with E-state index in [-0.39, 0.29) is 11.8 Å². The summed E-state index contributed by atoms with van der Waals surface area (Å²) in [6, 6.07) is 175. The van der Waals surface area contributed by atoms with Gasteiger partial charge in [-0.15, -0.1) is 22.7 Å². The molecule has 660 valence electrons. The Balaban J connectivity index is 0.000000111. The van der Waals surface area contributed by atoms with Crippen molar-refractivity contribution in [3.05, 3.63) is 533 Å². The van der Waals surface area contributed by atoms with Gasteiger partial charge in [-0.3, -0.25) is 0 Å². The van der Waals surface area contributed by atoms with E-state index >= 15 is 0 Å². The minimum Gasteiger partial charge on any atom is -0.435 e. The van der Waals surface area contributed by atoms with E-state index < -0.39 is 0 Å². The van der Waals surface area contributed by atoms with Gasteiger partial charge in [-0.25, -0.2) is 15.0 Å². The van der Waals surface area contributed by atoms with Crippen molar-refractivity contribution in [3.63, 3.8) is 0 Å². The number of aromatic nitrogens is 3. The summed E-state index contributed by atoms with van der Waals surface area (Å²) in [5.41, 5.74) is 29.6. The van der Waals surface area contributed by atoms with Crippen LogP contribution < -0.4 is 14.7 Å². The van der Waals surface area contributed by atoms with E-state index in [1.165, 1.54) is 125 Å². The van der Waals surface area contributed by atoms with Gasteiger partial charge in [0.1, 0.15) is 15.5 Å². The van der Waals surface area contributed by atoms with Crippen molar-refractivity contribution in [1.82, 2.24) is 15.0 Å². The quantitative estimate of drug-likeness (QED) is 0.0893. The maximum absolute atomic E-state index is 6.41. The largest absolute Gasteiger partial charge is 0.435 e. The molecule has 0 saturated carbocycles. The molecule has 0 N–H and O–H groups in total. The second kappa shape index (κ2) is 36.8. The lowest BCUT2D eigenvalue weighted by Crippen LogP contribution is -2.22. The highest BCUT2D eigenvalue weighted by Gasteiger charge is 2.32. The fourth-order valence-electron chi connectivity index (χ4n) is 20.2. The maximum atomic E-state index is 6.41. The number of allylic oxidation sites excluding steroid dienone is 4. The number of hydrogen-bond donors (Lipinski definition) is 0. The average Bonchev–Trinajstić information content (AvgIpc) is 1.46. The molecule has 9 heteroatoms. The van der Waals surface area contributed by atoms with Crippen molar-refractivity contribution >= 4 is 170 Å². The van der Waals surface area contributed by atoms with Crippen LogP contribution in [0, 0.1) is 5.92 Å². The zero-order valence-corrected chi connectivity index (χ0v) is 77.8. The Bertz CT molecular complexity index is 8580. The second-order valence-corrected chi connectivity index (χ2v) is 37.7. The molecular weight excluding hydrogens is 1740 g/mol. The van der Waals surface area contributed by atoms with E-state index in [1.807, 2.05) is 36.4 Å². The summed E-state index contributed by atoms with van der Waals surface area (Å²) >= 11 is 3.54. The first-order chi connectivity index (χ1) is 69.3. The summed E-state index contributed by atoms with van der Waals surface area (Å²) in [6.45, 7) is 0. The van der Waals surface area contributed by atoms with Crippen LogP contribution in [0.2, 0.25) is 0 Å². The third-order valence-corrected chi connectivity index (χ3v) is 29.3. The summed E-state index contributed by atoms with van der Waals surface area (Å²) in [5.74, 6) is 1.09. The first kappa shape index (κ1) is 84.0. The molecule has 2 atom stereocenters. The molecule has 25 aromatic rings. The molecular formula is C131H88N6OS2. The monoisotopic (exact) mass is 1820 g/mol. The van der Waals surface area contributed by atoms with Crippen LogP contribution in [0.15, 0.2) is 526 Å². The van der Waals surface area contributed by atoms with Crippen molar-refractivity contribution in [1.29, 1.82) is 0 Å². The first-order valence-corrected chi connectivity index (χ1v) is 49.2. The van der Waals surface area contributed by atoms with Crippen LogP contribution in [0.25, 0.3) is 179 Å². The Morgan fingerprint density at radius 2 is 0.593 bits per heavy atom. The van der Waals surface area contributed by atoms with E-state index in [2.05, 4.69) is 500 Å². The molecule has 2 aliphatic carbocycles. The predicted octanol–water partition coefficient (Wildman–Crippen LogP) is 37.0. The van der Waals surface area contributed by atoms with Crippen LogP contribution >= 0.6 is 22.7 Å². The van der Waals surface area contributed by atoms with E-state index in [1.54, 1.807) is 22.7 Å². The van der Waals surface area contributed by atoms with Crippen LogP contribution in [0.1, 0.15) is 17.0 Å². The maximum Gasteiger partial charge on any atom is 0.227 e. The third-order valence-electron chi connectivity index (χ3n) is 27.1. The van der Waals surface area contributed by atoms with E-state index in [4.69, 9.17) is 19.4 Å². The molecule has 7 nitrogen and oxygen atoms in total. The summed E-state index contributed by atoms with van der Waals surface area (Å²) in [7, 11) is 0. The lowest BCUT2D eigenvalue weighted by molar-refractivity contribution is 0.623. The minimum atomic E-state index is 0.222. The van der Waals surface area contributed by atoms with E-state index in [0.29, 0.717) is 5.89 Å². The molecule has 0 fully saturated rings. The number of fused-ring (bicyclic) bond motifs is 17. The number of benzene rings is 22. The molecule has 0 bridgehead atoms. The fraction of sp³-hybridized carbons (Fsp3) is 0.0153. The predicted molar refractivity (Wildman–Crippen MR) is 593 cm³/mol. The zero-order valence-electron chi connectivity index (χ0n) is 76.2. The Morgan fingerprint density at radius 1 is 0.236 bits per heavy atom. The van der Waals surface area contributed by atoms with Crippen LogP contribution in [-0.4, -0.2) is 15.0 Å². The highest BCUT2D eigenvalue weighted by Crippen LogP contribution is 2.49. The Morgan fingerprint density at radius 3 is 1.09 bits per heavy atom. The molecule has 0 aliphatic heterocycles. The number of thiazole rings is 2. The molecule has 3 heterocycles. The van der Waals surface area contributed by atoms with Crippen molar-refractivity contribution in [2.45, 2.75) is 5.92 Å². The average molecular weight is 1830 g/mol. The topological polar surface area (TPSA) is 61.5 Å². The number of rotatable bonds is 16. The highest BCUT2D eigenvalue weighted by molar-refractivity contribution is 7.22. The molecule has 27 rings (SSSR count). The molecule has 0 spiro atoms. The number of oxazole rings is 1. The van der Waals surface area contributed by atoms with Crippen LogP contribution in [-0.2, 0) is 0 Å². The summed E-state index contributed by atoms with van der Waals surface area (Å²) in [4.78, 5) is 22.2. The summed E-state index contributed by atoms with van der Waals surface area (Å²) in [5, 5.41) is 16.5. The van der Waals surface area contributed by atoms with Crippen LogP contribution in [0.5, 0.6) is 0 Å². The van der Waals surface area contributed by atoms with Gasteiger partial charge in [-0.2, -0.15) is 0 Å². The smallest absolute Gasteiger partial charge is 0.227 e. The number of nitrogens with zero attached hydrogens (tertiary/aromatic N) is 6. The normalized spacial score (nSPS) is 13.1. The van der Waals surface area contributed by atoms with Crippen LogP contribution in [0.3, 0.4) is 0 Å². The Labute approximate surface area is 819 Å². The number of hydrogen-bond acceptors (Lipinski definition) is 9. The molecule has 3 aromatic heterocycles. The summed E-state index contributed by atoms with van der Waals surface area (Å²) < 4.78 is 8.86. The molecule has 22 aromatic carbocycles. The van der Waals surface area contributed by atoms with Gasteiger partial charge in [0.05, 0.1) is 20.4 Å². The molecule has 0 saturated heterocycles. The van der Waals surface area contributed by atoms with Gasteiger partial charge < -0.3 is 19.1 Å². The van der Waals surface area contributed by atoms with Gasteiger partial charge in [-0.05, 0) is 255 Å². The Kier molecular flexibility index (Phi) is 22.1. The lowest BCUT2D eigenvalue weighted by atomic mass is 9.76. The lowest BCUT2D eigenvalue weighted by Gasteiger charge is -2.34. The van der Waals surface area contributed by atoms with Gasteiger partial charge >= 0.3 is 0 Å². The van der Waals surface area contributed by atoms with Gasteiger partial charge in [0.15, 0.2) is 5.58 Å². The van der Waals surface area contributed by atoms with Gasteiger partial charge in [0.2, 0.25) is 5.89 Å². The van der Waals surface area contributed by atoms with E-state index in [9.17, 15) is 0 Å². The van der Waals surface area contributed by atoms with E-state index in [0.717, 1.165) is 105 Å². The van der Waals surface area contributed by atoms with Crippen molar-refractivity contribution in [2.24, 2.45) is 5.92 Å². The molecule has 0 amide bonds. The third kappa shape index (κ3) is 16.4. The molecule has 140 heavy (non-hydrogen) atoms. The van der Waals surface area contributed by atoms with Crippen molar-refractivity contribution in [3.8, 4) is 77.1 Å². The minimum absolute atomic E-state index is 0.222. The summed E-state index contributed by atoms with van der Waals surface area (Å²) in [6.07, 6.45) is 11.8.